The fraction of sp³-hybridized carbons (Fsp3) is 0.400. The van der Waals surface area contributed by atoms with Crippen LogP contribution in [0.4, 0.5) is 5.69 Å². The van der Waals surface area contributed by atoms with Gasteiger partial charge in [0.25, 0.3) is 5.91 Å². The molecule has 0 saturated carbocycles. The summed E-state index contributed by atoms with van der Waals surface area (Å²) in [5.41, 5.74) is 0.697. The van der Waals surface area contributed by atoms with Crippen molar-refractivity contribution in [3.8, 4) is 0 Å². The Labute approximate surface area is 139 Å². The second-order valence-electron chi connectivity index (χ2n) is 5.77. The highest BCUT2D eigenvalue weighted by molar-refractivity contribution is 7.93. The maximum Gasteiger partial charge on any atom is 0.252 e. The smallest absolute Gasteiger partial charge is 0.252 e. The van der Waals surface area contributed by atoms with Crippen LogP contribution in [-0.2, 0) is 19.6 Å². The van der Waals surface area contributed by atoms with Crippen LogP contribution in [0.3, 0.4) is 0 Å². The molecule has 24 heavy (non-hydrogen) atoms. The number of hydrogen-bond acceptors (Lipinski definition) is 5. The summed E-state index contributed by atoms with van der Waals surface area (Å²) in [7, 11) is -3.32. The lowest BCUT2D eigenvalue weighted by atomic mass is 10.1. The van der Waals surface area contributed by atoms with E-state index in [2.05, 4.69) is 10.6 Å². The van der Waals surface area contributed by atoms with E-state index in [1.165, 1.54) is 10.4 Å². The lowest BCUT2D eigenvalue weighted by Crippen LogP contribution is -2.52. The van der Waals surface area contributed by atoms with E-state index in [4.69, 9.17) is 0 Å². The maximum atomic E-state index is 12.3. The van der Waals surface area contributed by atoms with Crippen LogP contribution in [0.2, 0.25) is 0 Å². The predicted molar refractivity (Wildman–Crippen MR) is 85.8 cm³/mol. The minimum Gasteiger partial charge on any atom is -0.340 e. The van der Waals surface area contributed by atoms with E-state index in [1.807, 2.05) is 0 Å². The first kappa shape index (κ1) is 16.4. The van der Waals surface area contributed by atoms with Gasteiger partial charge in [0.2, 0.25) is 21.8 Å². The summed E-state index contributed by atoms with van der Waals surface area (Å²) in [6.45, 7) is 0.389. The fourth-order valence-corrected chi connectivity index (χ4v) is 4.36. The lowest BCUT2D eigenvalue weighted by Gasteiger charge is -2.22. The molecule has 1 atom stereocenters. The molecule has 2 N–H and O–H groups in total. The zero-order valence-electron chi connectivity index (χ0n) is 12.8. The van der Waals surface area contributed by atoms with Crippen LogP contribution < -0.4 is 14.9 Å². The topological polar surface area (TPSA) is 113 Å². The molecule has 0 spiro atoms. The monoisotopic (exact) mass is 351 g/mol. The van der Waals surface area contributed by atoms with Gasteiger partial charge in [0.05, 0.1) is 11.4 Å². The number of carbonyl (C=O) groups is 3. The minimum absolute atomic E-state index is 0.0969. The molecule has 1 aromatic rings. The van der Waals surface area contributed by atoms with Gasteiger partial charge in [-0.25, -0.2) is 8.42 Å². The first-order valence-corrected chi connectivity index (χ1v) is 9.23. The second kappa shape index (κ2) is 6.23. The van der Waals surface area contributed by atoms with Gasteiger partial charge in [0, 0.05) is 18.5 Å². The number of hydrogen-bond donors (Lipinski definition) is 2. The summed E-state index contributed by atoms with van der Waals surface area (Å²) in [4.78, 5) is 35.1. The third-order valence-corrected chi connectivity index (χ3v) is 5.91. The molecule has 0 bridgehead atoms. The molecular formula is C15H17N3O5S. The Balaban J connectivity index is 1.75. The molecule has 1 aromatic carbocycles. The van der Waals surface area contributed by atoms with Crippen molar-refractivity contribution in [3.05, 3.63) is 29.8 Å². The SMILES string of the molecule is O=C1CCC(NC(=O)c2cccc(N3CCCS3(=O)=O)c2)C(=O)N1. The number of benzene rings is 1. The number of imide groups is 1. The Kier molecular flexibility index (Phi) is 4.27. The Morgan fingerprint density at radius 2 is 2.08 bits per heavy atom. The molecule has 0 aliphatic carbocycles. The van der Waals surface area contributed by atoms with Crippen molar-refractivity contribution in [2.75, 3.05) is 16.6 Å². The van der Waals surface area contributed by atoms with Gasteiger partial charge in [-0.05, 0) is 31.0 Å². The number of sulfonamides is 1. The first-order chi connectivity index (χ1) is 11.4. The van der Waals surface area contributed by atoms with Crippen LogP contribution in [0.25, 0.3) is 0 Å². The summed E-state index contributed by atoms with van der Waals surface area (Å²) in [6, 6.07) is 5.50. The highest BCUT2D eigenvalue weighted by Gasteiger charge is 2.30. The average Bonchev–Trinajstić information content (AvgIpc) is 2.89. The highest BCUT2D eigenvalue weighted by Crippen LogP contribution is 2.24. The van der Waals surface area contributed by atoms with Crippen molar-refractivity contribution < 1.29 is 22.8 Å². The third kappa shape index (κ3) is 3.25. The van der Waals surface area contributed by atoms with Crippen LogP contribution in [-0.4, -0.2) is 44.5 Å². The van der Waals surface area contributed by atoms with Crippen molar-refractivity contribution in [2.45, 2.75) is 25.3 Å². The number of amides is 3. The molecule has 0 radical (unpaired) electrons. The van der Waals surface area contributed by atoms with Crippen LogP contribution in [0.1, 0.15) is 29.6 Å². The second-order valence-corrected chi connectivity index (χ2v) is 7.78. The molecule has 2 saturated heterocycles. The van der Waals surface area contributed by atoms with Crippen molar-refractivity contribution in [1.82, 2.24) is 10.6 Å². The standard InChI is InChI=1S/C15H17N3O5S/c19-13-6-5-12(15(21)17-13)16-14(20)10-3-1-4-11(9-10)18-7-2-8-24(18,22)23/h1,3-4,9,12H,2,5-8H2,(H,16,20)(H,17,19,21). The molecule has 1 unspecified atom stereocenters. The molecule has 2 fully saturated rings. The van der Waals surface area contributed by atoms with Crippen LogP contribution >= 0.6 is 0 Å². The molecule has 3 amide bonds. The number of piperidine rings is 1. The van der Waals surface area contributed by atoms with Crippen LogP contribution in [0.15, 0.2) is 24.3 Å². The van der Waals surface area contributed by atoms with Gasteiger partial charge in [-0.2, -0.15) is 0 Å². The Morgan fingerprint density at radius 3 is 2.75 bits per heavy atom. The molecule has 2 heterocycles. The summed E-state index contributed by atoms with van der Waals surface area (Å²) in [5, 5.41) is 4.75. The van der Waals surface area contributed by atoms with E-state index in [1.54, 1.807) is 18.2 Å². The van der Waals surface area contributed by atoms with E-state index >= 15 is 0 Å². The minimum atomic E-state index is -3.32. The summed E-state index contributed by atoms with van der Waals surface area (Å²) in [6.07, 6.45) is 0.967. The molecular weight excluding hydrogens is 334 g/mol. The quantitative estimate of drug-likeness (QED) is 0.730. The maximum absolute atomic E-state index is 12.3. The van der Waals surface area contributed by atoms with E-state index in [-0.39, 0.29) is 30.1 Å². The van der Waals surface area contributed by atoms with Crippen molar-refractivity contribution in [3.63, 3.8) is 0 Å². The number of carbonyl (C=O) groups excluding carboxylic acids is 3. The average molecular weight is 351 g/mol. The Bertz CT molecular complexity index is 805. The number of nitrogens with zero attached hydrogens (tertiary/aromatic N) is 1. The molecule has 128 valence electrons. The lowest BCUT2D eigenvalue weighted by molar-refractivity contribution is -0.134. The summed E-state index contributed by atoms with van der Waals surface area (Å²) < 4.78 is 25.2. The van der Waals surface area contributed by atoms with E-state index in [9.17, 15) is 22.8 Å². The van der Waals surface area contributed by atoms with Gasteiger partial charge in [-0.1, -0.05) is 6.07 Å². The van der Waals surface area contributed by atoms with E-state index < -0.39 is 27.9 Å². The van der Waals surface area contributed by atoms with Crippen LogP contribution in [0, 0.1) is 0 Å². The molecule has 8 nitrogen and oxygen atoms in total. The molecule has 3 rings (SSSR count). The van der Waals surface area contributed by atoms with Gasteiger partial charge in [-0.3, -0.25) is 24.0 Å². The van der Waals surface area contributed by atoms with Crippen molar-refractivity contribution in [2.24, 2.45) is 0 Å². The van der Waals surface area contributed by atoms with Gasteiger partial charge < -0.3 is 5.32 Å². The zero-order chi connectivity index (χ0) is 17.3. The first-order valence-electron chi connectivity index (χ1n) is 7.62. The number of rotatable bonds is 3. The van der Waals surface area contributed by atoms with E-state index in [0.29, 0.717) is 18.7 Å². The molecule has 9 heteroatoms. The van der Waals surface area contributed by atoms with Gasteiger partial charge >= 0.3 is 0 Å². The molecule has 2 aliphatic rings. The Morgan fingerprint density at radius 1 is 1.29 bits per heavy atom. The zero-order valence-corrected chi connectivity index (χ0v) is 13.6. The molecule has 0 aromatic heterocycles. The predicted octanol–water partition coefficient (Wildman–Crippen LogP) is -0.238. The van der Waals surface area contributed by atoms with Gasteiger partial charge in [0.15, 0.2) is 0 Å². The number of anilines is 1. The van der Waals surface area contributed by atoms with Crippen molar-refractivity contribution in [1.29, 1.82) is 0 Å². The summed E-state index contributed by atoms with van der Waals surface area (Å²) in [5.74, 6) is -1.27. The Hall–Kier alpha value is -2.42. The van der Waals surface area contributed by atoms with Gasteiger partial charge in [-0.15, -0.1) is 0 Å². The fourth-order valence-electron chi connectivity index (χ4n) is 2.80. The van der Waals surface area contributed by atoms with E-state index in [0.717, 1.165) is 0 Å². The largest absolute Gasteiger partial charge is 0.340 e. The third-order valence-electron chi connectivity index (χ3n) is 4.04. The number of nitrogens with one attached hydrogen (secondary N) is 2. The highest BCUT2D eigenvalue weighted by atomic mass is 32.2. The van der Waals surface area contributed by atoms with Crippen LogP contribution in [0.5, 0.6) is 0 Å². The van der Waals surface area contributed by atoms with Gasteiger partial charge in [0.1, 0.15) is 6.04 Å². The normalized spacial score (nSPS) is 23.0. The van der Waals surface area contributed by atoms with Crippen molar-refractivity contribution >= 4 is 33.4 Å². The molecule has 2 aliphatic heterocycles. The summed E-state index contributed by atoms with van der Waals surface area (Å²) >= 11 is 0.